The fraction of sp³-hybridized carbons (Fsp3) is 0.875. The maximum atomic E-state index is 11.4. The Hall–Kier alpha value is -0.590. The third-order valence-corrected chi connectivity index (χ3v) is 5.31. The number of rotatable bonds is 17. The van der Waals surface area contributed by atoms with Gasteiger partial charge in [0.2, 0.25) is 0 Å². The maximum Gasteiger partial charge on any atom is 0.145 e. The SMILES string of the molecule is CCCCCCCCCCCCCCCC(C=O)=C(C(C)C)C(C)C. The van der Waals surface area contributed by atoms with Gasteiger partial charge in [0.25, 0.3) is 0 Å². The fourth-order valence-electron chi connectivity index (χ4n) is 4.01. The topological polar surface area (TPSA) is 17.1 Å². The molecule has 0 aromatic rings. The average Bonchev–Trinajstić information content (AvgIpc) is 2.57. The molecular formula is C24H46O. The molecule has 1 nitrogen and oxygen atoms in total. The minimum absolute atomic E-state index is 0.488. The molecule has 0 aliphatic carbocycles. The number of unbranched alkanes of at least 4 members (excludes halogenated alkanes) is 12. The molecule has 0 fully saturated rings. The van der Waals surface area contributed by atoms with Crippen molar-refractivity contribution in [1.82, 2.24) is 0 Å². The Kier molecular flexibility index (Phi) is 16.5. The summed E-state index contributed by atoms with van der Waals surface area (Å²) in [7, 11) is 0. The van der Waals surface area contributed by atoms with Crippen LogP contribution in [0.2, 0.25) is 0 Å². The molecule has 0 heterocycles. The van der Waals surface area contributed by atoms with Crippen LogP contribution >= 0.6 is 0 Å². The van der Waals surface area contributed by atoms with Gasteiger partial charge in [-0.2, -0.15) is 0 Å². The van der Waals surface area contributed by atoms with Gasteiger partial charge in [-0.1, -0.05) is 117 Å². The molecule has 0 N–H and O–H groups in total. The zero-order valence-electron chi connectivity index (χ0n) is 18.0. The van der Waals surface area contributed by atoms with Crippen molar-refractivity contribution in [3.63, 3.8) is 0 Å². The molecule has 0 rings (SSSR count). The van der Waals surface area contributed by atoms with Crippen molar-refractivity contribution in [2.24, 2.45) is 11.8 Å². The molecule has 0 saturated carbocycles. The number of carbonyl (C=O) groups excluding carboxylic acids is 1. The molecule has 0 amide bonds. The van der Waals surface area contributed by atoms with Crippen molar-refractivity contribution in [3.05, 3.63) is 11.1 Å². The van der Waals surface area contributed by atoms with Gasteiger partial charge in [-0.05, 0) is 30.3 Å². The molecule has 0 aromatic carbocycles. The first-order valence-electron chi connectivity index (χ1n) is 11.2. The molecule has 0 saturated heterocycles. The highest BCUT2D eigenvalue weighted by atomic mass is 16.1. The van der Waals surface area contributed by atoms with Crippen molar-refractivity contribution < 1.29 is 4.79 Å². The summed E-state index contributed by atoms with van der Waals surface area (Å²) in [5, 5.41) is 0. The second kappa shape index (κ2) is 16.9. The van der Waals surface area contributed by atoms with Crippen LogP contribution in [0.5, 0.6) is 0 Å². The summed E-state index contributed by atoms with van der Waals surface area (Å²) in [6, 6.07) is 0. The van der Waals surface area contributed by atoms with Gasteiger partial charge in [0, 0.05) is 0 Å². The van der Waals surface area contributed by atoms with E-state index >= 15 is 0 Å². The van der Waals surface area contributed by atoms with E-state index in [1.165, 1.54) is 89.0 Å². The van der Waals surface area contributed by atoms with Crippen LogP contribution in [0.1, 0.15) is 125 Å². The summed E-state index contributed by atoms with van der Waals surface area (Å²) in [6.45, 7) is 11.1. The Balaban J connectivity index is 3.65. The van der Waals surface area contributed by atoms with Crippen LogP contribution in [0.25, 0.3) is 0 Å². The molecule has 148 valence electrons. The van der Waals surface area contributed by atoms with E-state index in [0.717, 1.165) is 18.3 Å². The summed E-state index contributed by atoms with van der Waals surface area (Å²) in [5.41, 5.74) is 2.45. The maximum absolute atomic E-state index is 11.4. The van der Waals surface area contributed by atoms with Crippen LogP contribution in [-0.4, -0.2) is 6.29 Å². The molecule has 0 aliphatic rings. The molecule has 0 unspecified atom stereocenters. The second-order valence-corrected chi connectivity index (χ2v) is 8.40. The van der Waals surface area contributed by atoms with Crippen LogP contribution in [-0.2, 0) is 4.79 Å². The van der Waals surface area contributed by atoms with Gasteiger partial charge in [-0.3, -0.25) is 4.79 Å². The summed E-state index contributed by atoms with van der Waals surface area (Å²) in [5.74, 6) is 0.976. The number of allylic oxidation sites excluding steroid dienone is 2. The molecule has 0 bridgehead atoms. The van der Waals surface area contributed by atoms with Crippen LogP contribution in [0.4, 0.5) is 0 Å². The Morgan fingerprint density at radius 2 is 1.00 bits per heavy atom. The molecule has 0 spiro atoms. The van der Waals surface area contributed by atoms with Gasteiger partial charge in [0.05, 0.1) is 0 Å². The lowest BCUT2D eigenvalue weighted by Gasteiger charge is -2.19. The Bertz CT molecular complexity index is 328. The van der Waals surface area contributed by atoms with Crippen molar-refractivity contribution in [2.75, 3.05) is 0 Å². The fourth-order valence-corrected chi connectivity index (χ4v) is 4.01. The van der Waals surface area contributed by atoms with E-state index in [4.69, 9.17) is 0 Å². The highest BCUT2D eigenvalue weighted by molar-refractivity contribution is 5.74. The van der Waals surface area contributed by atoms with E-state index in [1.807, 2.05) is 0 Å². The predicted octanol–water partition coefficient (Wildman–Crippen LogP) is 8.28. The monoisotopic (exact) mass is 350 g/mol. The van der Waals surface area contributed by atoms with Gasteiger partial charge in [0.1, 0.15) is 6.29 Å². The van der Waals surface area contributed by atoms with Crippen molar-refractivity contribution >= 4 is 6.29 Å². The molecule has 1 heteroatoms. The van der Waals surface area contributed by atoms with Crippen LogP contribution < -0.4 is 0 Å². The Labute approximate surface area is 159 Å². The highest BCUT2D eigenvalue weighted by Crippen LogP contribution is 2.25. The lowest BCUT2D eigenvalue weighted by atomic mass is 9.86. The number of hydrogen-bond donors (Lipinski definition) is 0. The molecule has 0 aliphatic heterocycles. The average molecular weight is 351 g/mol. The van der Waals surface area contributed by atoms with E-state index in [2.05, 4.69) is 34.6 Å². The third kappa shape index (κ3) is 13.3. The smallest absolute Gasteiger partial charge is 0.145 e. The Morgan fingerprint density at radius 1 is 0.640 bits per heavy atom. The predicted molar refractivity (Wildman–Crippen MR) is 113 cm³/mol. The largest absolute Gasteiger partial charge is 0.298 e. The lowest BCUT2D eigenvalue weighted by molar-refractivity contribution is -0.105. The zero-order chi connectivity index (χ0) is 18.9. The van der Waals surface area contributed by atoms with Crippen molar-refractivity contribution in [2.45, 2.75) is 125 Å². The van der Waals surface area contributed by atoms with Crippen molar-refractivity contribution in [3.8, 4) is 0 Å². The van der Waals surface area contributed by atoms with Gasteiger partial charge in [-0.25, -0.2) is 0 Å². The summed E-state index contributed by atoms with van der Waals surface area (Å²) in [6.07, 6.45) is 20.0. The molecule has 0 radical (unpaired) electrons. The minimum Gasteiger partial charge on any atom is -0.298 e. The molecule has 0 aromatic heterocycles. The van der Waals surface area contributed by atoms with Gasteiger partial charge < -0.3 is 0 Å². The minimum atomic E-state index is 0.488. The third-order valence-electron chi connectivity index (χ3n) is 5.31. The molecular weight excluding hydrogens is 304 g/mol. The first-order valence-corrected chi connectivity index (χ1v) is 11.2. The van der Waals surface area contributed by atoms with E-state index in [9.17, 15) is 4.79 Å². The van der Waals surface area contributed by atoms with Crippen molar-refractivity contribution in [1.29, 1.82) is 0 Å². The summed E-state index contributed by atoms with van der Waals surface area (Å²) in [4.78, 5) is 11.4. The van der Waals surface area contributed by atoms with Gasteiger partial charge >= 0.3 is 0 Å². The van der Waals surface area contributed by atoms with E-state index in [-0.39, 0.29) is 0 Å². The van der Waals surface area contributed by atoms with E-state index in [1.54, 1.807) is 0 Å². The number of carbonyl (C=O) groups is 1. The van der Waals surface area contributed by atoms with E-state index < -0.39 is 0 Å². The second-order valence-electron chi connectivity index (χ2n) is 8.40. The first kappa shape index (κ1) is 24.4. The highest BCUT2D eigenvalue weighted by Gasteiger charge is 2.13. The standard InChI is InChI=1S/C24H46O/c1-6-7-8-9-10-11-12-13-14-15-16-17-18-19-23(20-25)24(21(2)3)22(4)5/h20-22H,6-19H2,1-5H3. The van der Waals surface area contributed by atoms with Crippen LogP contribution in [0.15, 0.2) is 11.1 Å². The zero-order valence-corrected chi connectivity index (χ0v) is 18.0. The first-order chi connectivity index (χ1) is 12.0. The van der Waals surface area contributed by atoms with Gasteiger partial charge in [-0.15, -0.1) is 0 Å². The van der Waals surface area contributed by atoms with Crippen LogP contribution in [0.3, 0.4) is 0 Å². The van der Waals surface area contributed by atoms with Crippen LogP contribution in [0, 0.1) is 11.8 Å². The molecule has 25 heavy (non-hydrogen) atoms. The number of aldehydes is 1. The molecule has 0 atom stereocenters. The van der Waals surface area contributed by atoms with Gasteiger partial charge in [0.15, 0.2) is 0 Å². The Morgan fingerprint density at radius 3 is 1.32 bits per heavy atom. The summed E-state index contributed by atoms with van der Waals surface area (Å²) >= 11 is 0. The number of hydrogen-bond acceptors (Lipinski definition) is 1. The summed E-state index contributed by atoms with van der Waals surface area (Å²) < 4.78 is 0. The van der Waals surface area contributed by atoms with E-state index in [0.29, 0.717) is 11.8 Å². The normalized spacial score (nSPS) is 11.3. The quantitative estimate of drug-likeness (QED) is 0.146. The lowest BCUT2D eigenvalue weighted by Crippen LogP contribution is -2.07.